The van der Waals surface area contributed by atoms with Crippen molar-refractivity contribution in [2.24, 2.45) is 0 Å². The summed E-state index contributed by atoms with van der Waals surface area (Å²) in [5.41, 5.74) is 3.02. The molecular formula is C28H39N7O3. The summed E-state index contributed by atoms with van der Waals surface area (Å²) in [6.45, 7) is 8.44. The Morgan fingerprint density at radius 3 is 2.00 bits per heavy atom. The van der Waals surface area contributed by atoms with Crippen LogP contribution in [-0.2, 0) is 16.0 Å². The molecule has 2 aromatic carbocycles. The molecule has 10 nitrogen and oxygen atoms in total. The molecule has 1 heterocycles. The van der Waals surface area contributed by atoms with E-state index in [1.807, 2.05) is 18.2 Å². The predicted octanol–water partition coefficient (Wildman–Crippen LogP) is 3.88. The van der Waals surface area contributed by atoms with Gasteiger partial charge in [0.15, 0.2) is 0 Å². The van der Waals surface area contributed by atoms with Gasteiger partial charge in [-0.15, -0.1) is 0 Å². The maximum atomic E-state index is 12.0. The number of unbranched alkanes of at least 4 members (excludes halogenated alkanes) is 1. The number of carbonyl (C=O) groups excluding carboxylic acids is 1. The Balaban J connectivity index is 1.33. The number of aromatic nitrogens is 3. The van der Waals surface area contributed by atoms with Gasteiger partial charge in [-0.2, -0.15) is 15.0 Å². The Bertz CT molecular complexity index is 1080. The lowest BCUT2D eigenvalue weighted by atomic mass is 10.1. The fourth-order valence-electron chi connectivity index (χ4n) is 3.36. The molecule has 204 valence electrons. The third-order valence-corrected chi connectivity index (χ3v) is 5.49. The van der Waals surface area contributed by atoms with Gasteiger partial charge in [0, 0.05) is 31.7 Å². The topological polar surface area (TPSA) is 122 Å². The van der Waals surface area contributed by atoms with E-state index in [1.165, 1.54) is 5.56 Å². The summed E-state index contributed by atoms with van der Waals surface area (Å²) < 4.78 is 11.2. The van der Waals surface area contributed by atoms with E-state index in [9.17, 15) is 4.79 Å². The zero-order valence-electron chi connectivity index (χ0n) is 22.3. The maximum absolute atomic E-state index is 12.0. The van der Waals surface area contributed by atoms with Crippen molar-refractivity contribution in [3.8, 4) is 0 Å². The van der Waals surface area contributed by atoms with Gasteiger partial charge < -0.3 is 30.7 Å². The molecule has 0 aliphatic heterocycles. The van der Waals surface area contributed by atoms with Crippen molar-refractivity contribution in [2.45, 2.75) is 33.2 Å². The molecule has 0 saturated carbocycles. The molecule has 4 N–H and O–H groups in total. The second-order valence-corrected chi connectivity index (χ2v) is 8.70. The van der Waals surface area contributed by atoms with Gasteiger partial charge >= 0.3 is 0 Å². The van der Waals surface area contributed by atoms with Crippen LogP contribution in [0.1, 0.15) is 41.3 Å². The van der Waals surface area contributed by atoms with Crippen LogP contribution in [0, 0.1) is 6.92 Å². The van der Waals surface area contributed by atoms with Crippen molar-refractivity contribution >= 4 is 23.8 Å². The fraction of sp³-hybridized carbons (Fsp3) is 0.429. The number of rotatable bonds is 18. The zero-order chi connectivity index (χ0) is 26.8. The predicted molar refractivity (Wildman–Crippen MR) is 151 cm³/mol. The second kappa shape index (κ2) is 16.9. The first-order valence-electron chi connectivity index (χ1n) is 13.2. The molecule has 1 aromatic heterocycles. The zero-order valence-corrected chi connectivity index (χ0v) is 22.3. The van der Waals surface area contributed by atoms with Gasteiger partial charge in [-0.25, -0.2) is 0 Å². The molecule has 0 bridgehead atoms. The van der Waals surface area contributed by atoms with Crippen LogP contribution in [0.3, 0.4) is 0 Å². The molecule has 0 spiro atoms. The number of aryl methyl sites for hydroxylation is 1. The summed E-state index contributed by atoms with van der Waals surface area (Å²) in [6, 6.07) is 17.5. The molecular weight excluding hydrogens is 482 g/mol. The minimum atomic E-state index is -0.105. The van der Waals surface area contributed by atoms with Crippen LogP contribution in [0.25, 0.3) is 0 Å². The van der Waals surface area contributed by atoms with Crippen molar-refractivity contribution in [3.05, 3.63) is 71.3 Å². The Morgan fingerprint density at radius 1 is 0.737 bits per heavy atom. The van der Waals surface area contributed by atoms with Gasteiger partial charge in [-0.05, 0) is 31.0 Å². The Kier molecular flexibility index (Phi) is 12.8. The normalized spacial score (nSPS) is 10.7. The SMILES string of the molecule is CCCCNc1nc(NCCOCCOCCNC(=O)c2ccccc2)nc(NCc2ccc(C)cc2)n1. The number of nitrogens with zero attached hydrogens (tertiary/aromatic N) is 3. The number of anilines is 3. The Morgan fingerprint density at radius 2 is 1.34 bits per heavy atom. The molecule has 3 rings (SSSR count). The quantitative estimate of drug-likeness (QED) is 0.185. The molecule has 0 atom stereocenters. The lowest BCUT2D eigenvalue weighted by Crippen LogP contribution is -2.27. The van der Waals surface area contributed by atoms with E-state index in [4.69, 9.17) is 9.47 Å². The van der Waals surface area contributed by atoms with Gasteiger partial charge in [0.05, 0.1) is 26.4 Å². The minimum Gasteiger partial charge on any atom is -0.377 e. The Labute approximate surface area is 225 Å². The van der Waals surface area contributed by atoms with E-state index in [-0.39, 0.29) is 5.91 Å². The molecule has 0 saturated heterocycles. The largest absolute Gasteiger partial charge is 0.377 e. The summed E-state index contributed by atoms with van der Waals surface area (Å²) in [7, 11) is 0. The smallest absolute Gasteiger partial charge is 0.251 e. The number of hydrogen-bond donors (Lipinski definition) is 4. The second-order valence-electron chi connectivity index (χ2n) is 8.70. The number of benzene rings is 2. The maximum Gasteiger partial charge on any atom is 0.251 e. The first-order valence-corrected chi connectivity index (χ1v) is 13.2. The van der Waals surface area contributed by atoms with E-state index in [1.54, 1.807) is 12.1 Å². The molecule has 0 aliphatic rings. The average molecular weight is 522 g/mol. The monoisotopic (exact) mass is 521 g/mol. The lowest BCUT2D eigenvalue weighted by Gasteiger charge is -2.12. The van der Waals surface area contributed by atoms with Gasteiger partial charge in [-0.1, -0.05) is 61.4 Å². The summed E-state index contributed by atoms with van der Waals surface area (Å²) >= 11 is 0. The van der Waals surface area contributed by atoms with Crippen molar-refractivity contribution in [1.82, 2.24) is 20.3 Å². The molecule has 38 heavy (non-hydrogen) atoms. The van der Waals surface area contributed by atoms with E-state index in [0.29, 0.717) is 69.5 Å². The van der Waals surface area contributed by atoms with E-state index < -0.39 is 0 Å². The summed E-state index contributed by atoms with van der Waals surface area (Å²) in [5, 5.41) is 12.6. The van der Waals surface area contributed by atoms with Gasteiger partial charge in [0.2, 0.25) is 17.8 Å². The van der Waals surface area contributed by atoms with Crippen LogP contribution in [0.5, 0.6) is 0 Å². The van der Waals surface area contributed by atoms with Crippen molar-refractivity contribution in [1.29, 1.82) is 0 Å². The van der Waals surface area contributed by atoms with Gasteiger partial charge in [0.25, 0.3) is 5.91 Å². The summed E-state index contributed by atoms with van der Waals surface area (Å²) in [5.74, 6) is 1.43. The van der Waals surface area contributed by atoms with Gasteiger partial charge in [-0.3, -0.25) is 4.79 Å². The van der Waals surface area contributed by atoms with Crippen LogP contribution < -0.4 is 21.3 Å². The van der Waals surface area contributed by atoms with Gasteiger partial charge in [0.1, 0.15) is 0 Å². The van der Waals surface area contributed by atoms with Crippen molar-refractivity contribution in [3.63, 3.8) is 0 Å². The molecule has 0 fully saturated rings. The van der Waals surface area contributed by atoms with Crippen molar-refractivity contribution < 1.29 is 14.3 Å². The third kappa shape index (κ3) is 11.1. The molecule has 10 heteroatoms. The highest BCUT2D eigenvalue weighted by Crippen LogP contribution is 2.11. The number of nitrogens with one attached hydrogen (secondary N) is 4. The highest BCUT2D eigenvalue weighted by molar-refractivity contribution is 5.94. The fourth-order valence-corrected chi connectivity index (χ4v) is 3.36. The average Bonchev–Trinajstić information content (AvgIpc) is 2.94. The van der Waals surface area contributed by atoms with Crippen LogP contribution in [0.15, 0.2) is 54.6 Å². The number of carbonyl (C=O) groups is 1. The highest BCUT2D eigenvalue weighted by Gasteiger charge is 2.07. The van der Waals surface area contributed by atoms with E-state index >= 15 is 0 Å². The van der Waals surface area contributed by atoms with Crippen LogP contribution in [0.2, 0.25) is 0 Å². The van der Waals surface area contributed by atoms with Crippen LogP contribution in [0.4, 0.5) is 17.8 Å². The highest BCUT2D eigenvalue weighted by atomic mass is 16.5. The van der Waals surface area contributed by atoms with Crippen LogP contribution >= 0.6 is 0 Å². The Hall–Kier alpha value is -3.76. The third-order valence-electron chi connectivity index (χ3n) is 5.49. The number of amides is 1. The van der Waals surface area contributed by atoms with E-state index in [0.717, 1.165) is 24.9 Å². The lowest BCUT2D eigenvalue weighted by molar-refractivity contribution is 0.0519. The van der Waals surface area contributed by atoms with Crippen molar-refractivity contribution in [2.75, 3.05) is 62.0 Å². The number of ether oxygens (including phenoxy) is 2. The summed E-state index contributed by atoms with van der Waals surface area (Å²) in [6.07, 6.45) is 2.13. The minimum absolute atomic E-state index is 0.105. The molecule has 3 aromatic rings. The van der Waals surface area contributed by atoms with Crippen LogP contribution in [-0.4, -0.2) is 66.9 Å². The molecule has 0 unspecified atom stereocenters. The molecule has 0 radical (unpaired) electrons. The number of hydrogen-bond acceptors (Lipinski definition) is 9. The van der Waals surface area contributed by atoms with E-state index in [2.05, 4.69) is 74.3 Å². The molecule has 1 amide bonds. The first kappa shape index (κ1) is 28.8. The molecule has 0 aliphatic carbocycles. The summed E-state index contributed by atoms with van der Waals surface area (Å²) in [4.78, 5) is 25.4. The first-order chi connectivity index (χ1) is 18.6. The standard InChI is InChI=1S/C28H39N7O3/c1-3-4-14-30-26-33-27(35-28(34-26)32-21-23-12-10-22(2)11-13-23)31-16-18-38-20-19-37-17-15-29-25(36)24-8-6-5-7-9-24/h5-13H,3-4,14-21H2,1-2H3,(H,29,36)(H3,30,31,32,33,34,35).